The molecule has 1 fully saturated rings. The van der Waals surface area contributed by atoms with E-state index in [2.05, 4.69) is 10.6 Å². The van der Waals surface area contributed by atoms with Crippen LogP contribution in [0.15, 0.2) is 0 Å². The molecular weight excluding hydrogens is 178 g/mol. The Hall–Kier alpha value is -0.610. The van der Waals surface area contributed by atoms with Crippen molar-refractivity contribution in [3.63, 3.8) is 0 Å². The Morgan fingerprint density at radius 2 is 2.36 bits per heavy atom. The van der Waals surface area contributed by atoms with Gasteiger partial charge in [-0.25, -0.2) is 0 Å². The van der Waals surface area contributed by atoms with E-state index in [9.17, 15) is 4.79 Å². The Labute approximate surface area is 85.6 Å². The molecule has 4 N–H and O–H groups in total. The van der Waals surface area contributed by atoms with Crippen LogP contribution >= 0.6 is 0 Å². The average Bonchev–Trinajstić information content (AvgIpc) is 2.55. The van der Waals surface area contributed by atoms with E-state index in [0.717, 1.165) is 13.1 Å². The molecule has 0 aliphatic carbocycles. The second kappa shape index (κ2) is 5.32. The number of amides is 1. The fourth-order valence-electron chi connectivity index (χ4n) is 1.86. The molecule has 14 heavy (non-hydrogen) atoms. The lowest BCUT2D eigenvalue weighted by atomic mass is 10.0. The van der Waals surface area contributed by atoms with Crippen LogP contribution in [0.5, 0.6) is 0 Å². The van der Waals surface area contributed by atoms with E-state index in [1.165, 1.54) is 12.8 Å². The largest absolute Gasteiger partial charge is 0.368 e. The smallest absolute Gasteiger partial charge is 0.234 e. The van der Waals surface area contributed by atoms with Crippen molar-refractivity contribution in [2.24, 2.45) is 11.7 Å². The highest BCUT2D eigenvalue weighted by molar-refractivity contribution is 5.80. The number of rotatable bonds is 5. The molecule has 0 aromatic carbocycles. The maximum Gasteiger partial charge on any atom is 0.234 e. The summed E-state index contributed by atoms with van der Waals surface area (Å²) in [5.74, 6) is 0.00639. The highest BCUT2D eigenvalue weighted by Crippen LogP contribution is 2.05. The van der Waals surface area contributed by atoms with Crippen LogP contribution in [0, 0.1) is 5.92 Å². The lowest BCUT2D eigenvalue weighted by Crippen LogP contribution is -2.48. The second-order valence-electron chi connectivity index (χ2n) is 4.33. The van der Waals surface area contributed by atoms with Gasteiger partial charge in [-0.15, -0.1) is 0 Å². The number of hydrogen-bond donors (Lipinski definition) is 3. The normalized spacial score (nSPS) is 24.1. The number of nitrogens with two attached hydrogens (primary N) is 1. The fourth-order valence-corrected chi connectivity index (χ4v) is 1.86. The molecule has 1 aliphatic heterocycles. The molecule has 1 heterocycles. The van der Waals surface area contributed by atoms with Gasteiger partial charge >= 0.3 is 0 Å². The first kappa shape index (κ1) is 11.5. The summed E-state index contributed by atoms with van der Waals surface area (Å²) in [5.41, 5.74) is 5.30. The number of primary amides is 1. The molecule has 0 aromatic heterocycles. The second-order valence-corrected chi connectivity index (χ2v) is 4.33. The van der Waals surface area contributed by atoms with Crippen molar-refractivity contribution in [2.45, 2.75) is 38.8 Å². The number of nitrogens with one attached hydrogen (secondary N) is 2. The van der Waals surface area contributed by atoms with Gasteiger partial charge in [0.05, 0.1) is 6.04 Å². The SMILES string of the molecule is CC(C)C(NCC1CCCN1)C(N)=O. The summed E-state index contributed by atoms with van der Waals surface area (Å²) in [6, 6.07) is 0.313. The van der Waals surface area contributed by atoms with Crippen LogP contribution in [0.2, 0.25) is 0 Å². The number of hydrogen-bond acceptors (Lipinski definition) is 3. The first-order chi connectivity index (χ1) is 6.61. The van der Waals surface area contributed by atoms with Gasteiger partial charge in [0, 0.05) is 12.6 Å². The topological polar surface area (TPSA) is 67.2 Å². The minimum absolute atomic E-state index is 0.197. The van der Waals surface area contributed by atoms with Crippen LogP contribution < -0.4 is 16.4 Å². The van der Waals surface area contributed by atoms with Gasteiger partial charge < -0.3 is 16.4 Å². The van der Waals surface area contributed by atoms with Crippen molar-refractivity contribution >= 4 is 5.91 Å². The molecule has 1 saturated heterocycles. The van der Waals surface area contributed by atoms with E-state index in [0.29, 0.717) is 6.04 Å². The third-order valence-electron chi connectivity index (χ3n) is 2.72. The summed E-state index contributed by atoms with van der Waals surface area (Å²) in [7, 11) is 0. The summed E-state index contributed by atoms with van der Waals surface area (Å²) in [4.78, 5) is 11.1. The molecule has 1 rings (SSSR count). The van der Waals surface area contributed by atoms with E-state index in [1.807, 2.05) is 13.8 Å². The van der Waals surface area contributed by atoms with Crippen molar-refractivity contribution in [1.82, 2.24) is 10.6 Å². The number of carbonyl (C=O) groups is 1. The van der Waals surface area contributed by atoms with Crippen molar-refractivity contribution in [2.75, 3.05) is 13.1 Å². The van der Waals surface area contributed by atoms with E-state index in [4.69, 9.17) is 5.73 Å². The molecule has 2 unspecified atom stereocenters. The zero-order chi connectivity index (χ0) is 10.6. The molecule has 82 valence electrons. The van der Waals surface area contributed by atoms with Gasteiger partial charge in [-0.1, -0.05) is 13.8 Å². The van der Waals surface area contributed by atoms with E-state index in [-0.39, 0.29) is 17.9 Å². The summed E-state index contributed by atoms with van der Waals surface area (Å²) in [6.45, 7) is 5.94. The lowest BCUT2D eigenvalue weighted by molar-refractivity contribution is -0.121. The zero-order valence-corrected chi connectivity index (χ0v) is 9.05. The van der Waals surface area contributed by atoms with Crippen molar-refractivity contribution < 1.29 is 4.79 Å². The predicted molar refractivity (Wildman–Crippen MR) is 56.8 cm³/mol. The Morgan fingerprint density at radius 3 is 2.79 bits per heavy atom. The zero-order valence-electron chi connectivity index (χ0n) is 9.05. The lowest BCUT2D eigenvalue weighted by Gasteiger charge is -2.21. The maximum atomic E-state index is 11.1. The summed E-state index contributed by atoms with van der Waals surface area (Å²) in [6.07, 6.45) is 2.42. The molecule has 4 nitrogen and oxygen atoms in total. The van der Waals surface area contributed by atoms with Gasteiger partial charge in [-0.3, -0.25) is 4.79 Å². The summed E-state index contributed by atoms with van der Waals surface area (Å²) in [5, 5.41) is 6.60. The Morgan fingerprint density at radius 1 is 1.64 bits per heavy atom. The summed E-state index contributed by atoms with van der Waals surface area (Å²) >= 11 is 0. The van der Waals surface area contributed by atoms with Gasteiger partial charge in [0.1, 0.15) is 0 Å². The highest BCUT2D eigenvalue weighted by Gasteiger charge is 2.21. The third-order valence-corrected chi connectivity index (χ3v) is 2.72. The maximum absolute atomic E-state index is 11.1. The van der Waals surface area contributed by atoms with Crippen LogP contribution in [0.3, 0.4) is 0 Å². The molecule has 2 atom stereocenters. The van der Waals surface area contributed by atoms with Crippen molar-refractivity contribution in [1.29, 1.82) is 0 Å². The standard InChI is InChI=1S/C10H21N3O/c1-7(2)9(10(11)14)13-6-8-4-3-5-12-8/h7-9,12-13H,3-6H2,1-2H3,(H2,11,14). The Balaban J connectivity index is 2.28. The van der Waals surface area contributed by atoms with Gasteiger partial charge in [-0.2, -0.15) is 0 Å². The van der Waals surface area contributed by atoms with Crippen LogP contribution in [0.1, 0.15) is 26.7 Å². The molecule has 0 saturated carbocycles. The Kier molecular flexibility index (Phi) is 4.35. The average molecular weight is 199 g/mol. The molecule has 0 bridgehead atoms. The van der Waals surface area contributed by atoms with E-state index < -0.39 is 0 Å². The molecule has 4 heteroatoms. The van der Waals surface area contributed by atoms with Gasteiger partial charge in [0.15, 0.2) is 0 Å². The van der Waals surface area contributed by atoms with Crippen molar-refractivity contribution in [3.05, 3.63) is 0 Å². The number of carbonyl (C=O) groups excluding carboxylic acids is 1. The molecular formula is C10H21N3O. The quantitative estimate of drug-likeness (QED) is 0.576. The minimum atomic E-state index is -0.252. The predicted octanol–water partition coefficient (Wildman–Crippen LogP) is -0.162. The monoisotopic (exact) mass is 199 g/mol. The molecule has 0 aromatic rings. The molecule has 0 spiro atoms. The van der Waals surface area contributed by atoms with E-state index in [1.54, 1.807) is 0 Å². The fraction of sp³-hybridized carbons (Fsp3) is 0.900. The van der Waals surface area contributed by atoms with Crippen LogP contribution in [-0.2, 0) is 4.79 Å². The first-order valence-electron chi connectivity index (χ1n) is 5.37. The molecule has 1 amide bonds. The van der Waals surface area contributed by atoms with E-state index >= 15 is 0 Å². The molecule has 0 radical (unpaired) electrons. The minimum Gasteiger partial charge on any atom is -0.368 e. The highest BCUT2D eigenvalue weighted by atomic mass is 16.1. The Bertz CT molecular complexity index is 188. The van der Waals surface area contributed by atoms with Crippen LogP contribution in [0.25, 0.3) is 0 Å². The van der Waals surface area contributed by atoms with Crippen LogP contribution in [-0.4, -0.2) is 31.1 Å². The summed E-state index contributed by atoms with van der Waals surface area (Å²) < 4.78 is 0. The van der Waals surface area contributed by atoms with Gasteiger partial charge in [0.25, 0.3) is 0 Å². The first-order valence-corrected chi connectivity index (χ1v) is 5.37. The van der Waals surface area contributed by atoms with Crippen molar-refractivity contribution in [3.8, 4) is 0 Å². The molecule has 1 aliphatic rings. The third kappa shape index (κ3) is 3.27. The van der Waals surface area contributed by atoms with Gasteiger partial charge in [0.2, 0.25) is 5.91 Å². The van der Waals surface area contributed by atoms with Crippen LogP contribution in [0.4, 0.5) is 0 Å². The van der Waals surface area contributed by atoms with Gasteiger partial charge in [-0.05, 0) is 25.3 Å².